The van der Waals surface area contributed by atoms with Gasteiger partial charge in [0.2, 0.25) is 0 Å². The molecule has 1 fully saturated rings. The number of carbonyl (C=O) groups excluding carboxylic acids is 2. The largest absolute Gasteiger partial charge is 0.299 e. The van der Waals surface area contributed by atoms with Gasteiger partial charge in [0, 0.05) is 12.3 Å². The summed E-state index contributed by atoms with van der Waals surface area (Å²) in [6.45, 7) is 4.15. The SMILES string of the molecule is CCC1CCC(=O)CC(=O)C1CC. The summed E-state index contributed by atoms with van der Waals surface area (Å²) in [5.74, 6) is 0.914. The van der Waals surface area contributed by atoms with E-state index in [1.54, 1.807) is 0 Å². The van der Waals surface area contributed by atoms with Gasteiger partial charge in [0.05, 0.1) is 6.42 Å². The Morgan fingerprint density at radius 3 is 2.46 bits per heavy atom. The van der Waals surface area contributed by atoms with Crippen LogP contribution in [0.1, 0.15) is 46.0 Å². The summed E-state index contributed by atoms with van der Waals surface area (Å²) in [6.07, 6.45) is 3.64. The molecule has 0 radical (unpaired) electrons. The quantitative estimate of drug-likeness (QED) is 0.485. The number of carbonyl (C=O) groups is 2. The van der Waals surface area contributed by atoms with Gasteiger partial charge in [-0.3, -0.25) is 9.59 Å². The Labute approximate surface area is 79.7 Å². The van der Waals surface area contributed by atoms with Crippen molar-refractivity contribution >= 4 is 11.6 Å². The summed E-state index contributed by atoms with van der Waals surface area (Å²) in [7, 11) is 0. The first-order valence-corrected chi connectivity index (χ1v) is 5.23. The van der Waals surface area contributed by atoms with Gasteiger partial charge in [-0.25, -0.2) is 0 Å². The van der Waals surface area contributed by atoms with E-state index in [2.05, 4.69) is 6.92 Å². The molecular weight excluding hydrogens is 164 g/mol. The zero-order valence-electron chi connectivity index (χ0n) is 8.51. The Bertz CT molecular complexity index is 208. The first kappa shape index (κ1) is 10.4. The number of hydrogen-bond acceptors (Lipinski definition) is 2. The van der Waals surface area contributed by atoms with Gasteiger partial charge in [-0.1, -0.05) is 20.3 Å². The Hall–Kier alpha value is -0.660. The van der Waals surface area contributed by atoms with Crippen molar-refractivity contribution < 1.29 is 9.59 Å². The highest BCUT2D eigenvalue weighted by molar-refractivity contribution is 6.00. The zero-order valence-corrected chi connectivity index (χ0v) is 8.51. The molecule has 0 aliphatic heterocycles. The van der Waals surface area contributed by atoms with E-state index in [4.69, 9.17) is 0 Å². The summed E-state index contributed by atoms with van der Waals surface area (Å²) in [5.41, 5.74) is 0. The van der Waals surface area contributed by atoms with E-state index < -0.39 is 0 Å². The molecule has 1 aliphatic carbocycles. The average Bonchev–Trinajstić information content (AvgIpc) is 2.23. The van der Waals surface area contributed by atoms with E-state index in [1.165, 1.54) is 0 Å². The van der Waals surface area contributed by atoms with E-state index >= 15 is 0 Å². The molecule has 0 amide bonds. The van der Waals surface area contributed by atoms with Crippen LogP contribution in [0.5, 0.6) is 0 Å². The number of Topliss-reactive ketones (excluding diaryl/α,β-unsaturated/α-hetero) is 2. The third-order valence-corrected chi connectivity index (χ3v) is 3.11. The summed E-state index contributed by atoms with van der Waals surface area (Å²) < 4.78 is 0. The molecule has 0 bridgehead atoms. The van der Waals surface area contributed by atoms with Crippen molar-refractivity contribution in [2.45, 2.75) is 46.0 Å². The number of hydrogen-bond donors (Lipinski definition) is 0. The van der Waals surface area contributed by atoms with Crippen molar-refractivity contribution in [1.82, 2.24) is 0 Å². The van der Waals surface area contributed by atoms with Crippen LogP contribution >= 0.6 is 0 Å². The normalized spacial score (nSPS) is 30.3. The van der Waals surface area contributed by atoms with Crippen LogP contribution in [0.15, 0.2) is 0 Å². The van der Waals surface area contributed by atoms with Crippen LogP contribution in [-0.2, 0) is 9.59 Å². The third kappa shape index (κ3) is 2.39. The molecular formula is C11H18O2. The first-order valence-electron chi connectivity index (χ1n) is 5.23. The first-order chi connectivity index (χ1) is 6.19. The highest BCUT2D eigenvalue weighted by atomic mass is 16.1. The second kappa shape index (κ2) is 4.54. The zero-order chi connectivity index (χ0) is 9.84. The van der Waals surface area contributed by atoms with Gasteiger partial charge in [-0.05, 0) is 18.8 Å². The Morgan fingerprint density at radius 1 is 1.23 bits per heavy atom. The molecule has 1 aliphatic rings. The predicted octanol–water partition coefficient (Wildman–Crippen LogP) is 2.36. The Balaban J connectivity index is 2.74. The van der Waals surface area contributed by atoms with Crippen LogP contribution in [0.2, 0.25) is 0 Å². The summed E-state index contributed by atoms with van der Waals surface area (Å²) in [4.78, 5) is 22.8. The predicted molar refractivity (Wildman–Crippen MR) is 51.4 cm³/mol. The fraction of sp³-hybridized carbons (Fsp3) is 0.818. The minimum absolute atomic E-state index is 0.138. The standard InChI is InChI=1S/C11H18O2/c1-3-8-5-6-9(12)7-11(13)10(8)4-2/h8,10H,3-7H2,1-2H3. The summed E-state index contributed by atoms with van der Waals surface area (Å²) in [5, 5.41) is 0. The topological polar surface area (TPSA) is 34.1 Å². The lowest BCUT2D eigenvalue weighted by atomic mass is 9.83. The van der Waals surface area contributed by atoms with Crippen molar-refractivity contribution in [1.29, 1.82) is 0 Å². The third-order valence-electron chi connectivity index (χ3n) is 3.11. The van der Waals surface area contributed by atoms with Crippen LogP contribution < -0.4 is 0 Å². The van der Waals surface area contributed by atoms with Gasteiger partial charge < -0.3 is 0 Å². The van der Waals surface area contributed by atoms with E-state index in [0.29, 0.717) is 12.3 Å². The van der Waals surface area contributed by atoms with Crippen molar-refractivity contribution in [2.75, 3.05) is 0 Å². The van der Waals surface area contributed by atoms with Gasteiger partial charge in [-0.15, -0.1) is 0 Å². The molecule has 0 N–H and O–H groups in total. The average molecular weight is 182 g/mol. The van der Waals surface area contributed by atoms with Gasteiger partial charge in [-0.2, -0.15) is 0 Å². The van der Waals surface area contributed by atoms with Crippen molar-refractivity contribution in [2.24, 2.45) is 11.8 Å². The summed E-state index contributed by atoms with van der Waals surface area (Å²) >= 11 is 0. The molecule has 0 aromatic rings. The molecule has 2 atom stereocenters. The molecule has 2 heteroatoms. The van der Waals surface area contributed by atoms with Crippen LogP contribution in [-0.4, -0.2) is 11.6 Å². The van der Waals surface area contributed by atoms with E-state index in [9.17, 15) is 9.59 Å². The van der Waals surface area contributed by atoms with E-state index in [0.717, 1.165) is 19.3 Å². The summed E-state index contributed by atoms with van der Waals surface area (Å²) in [6, 6.07) is 0. The molecule has 0 aromatic carbocycles. The van der Waals surface area contributed by atoms with E-state index in [-0.39, 0.29) is 23.9 Å². The maximum absolute atomic E-state index is 11.6. The van der Waals surface area contributed by atoms with Crippen LogP contribution in [0.3, 0.4) is 0 Å². The Kier molecular flexibility index (Phi) is 3.64. The van der Waals surface area contributed by atoms with Gasteiger partial charge >= 0.3 is 0 Å². The molecule has 2 nitrogen and oxygen atoms in total. The molecule has 74 valence electrons. The fourth-order valence-corrected chi connectivity index (χ4v) is 2.27. The highest BCUT2D eigenvalue weighted by Gasteiger charge is 2.30. The Morgan fingerprint density at radius 2 is 1.92 bits per heavy atom. The lowest BCUT2D eigenvalue weighted by molar-refractivity contribution is -0.128. The molecule has 13 heavy (non-hydrogen) atoms. The smallest absolute Gasteiger partial charge is 0.143 e. The highest BCUT2D eigenvalue weighted by Crippen LogP contribution is 2.29. The van der Waals surface area contributed by atoms with Crippen molar-refractivity contribution in [3.8, 4) is 0 Å². The van der Waals surface area contributed by atoms with Gasteiger partial charge in [0.25, 0.3) is 0 Å². The molecule has 1 saturated carbocycles. The van der Waals surface area contributed by atoms with E-state index in [1.807, 2.05) is 6.92 Å². The molecule has 2 unspecified atom stereocenters. The van der Waals surface area contributed by atoms with Crippen molar-refractivity contribution in [3.63, 3.8) is 0 Å². The second-order valence-electron chi connectivity index (χ2n) is 3.90. The molecule has 0 saturated heterocycles. The maximum Gasteiger partial charge on any atom is 0.143 e. The minimum atomic E-state index is 0.138. The van der Waals surface area contributed by atoms with Gasteiger partial charge in [0.1, 0.15) is 11.6 Å². The lowest BCUT2D eigenvalue weighted by Crippen LogP contribution is -2.21. The molecule has 0 aromatic heterocycles. The van der Waals surface area contributed by atoms with Gasteiger partial charge in [0.15, 0.2) is 0 Å². The minimum Gasteiger partial charge on any atom is -0.299 e. The number of ketones is 2. The fourth-order valence-electron chi connectivity index (χ4n) is 2.27. The van der Waals surface area contributed by atoms with Crippen LogP contribution in [0.4, 0.5) is 0 Å². The van der Waals surface area contributed by atoms with Crippen LogP contribution in [0.25, 0.3) is 0 Å². The van der Waals surface area contributed by atoms with Crippen molar-refractivity contribution in [3.05, 3.63) is 0 Å². The second-order valence-corrected chi connectivity index (χ2v) is 3.90. The number of rotatable bonds is 2. The molecule has 1 rings (SSSR count). The molecule has 0 spiro atoms. The van der Waals surface area contributed by atoms with Crippen LogP contribution in [0, 0.1) is 11.8 Å². The molecule has 0 heterocycles. The monoisotopic (exact) mass is 182 g/mol. The maximum atomic E-state index is 11.6. The lowest BCUT2D eigenvalue weighted by Gasteiger charge is -2.20.